The maximum atomic E-state index is 13.0. The van der Waals surface area contributed by atoms with Crippen molar-refractivity contribution in [3.8, 4) is 0 Å². The minimum atomic E-state index is -5.00. The first-order valence-corrected chi connectivity index (χ1v) is 4.75. The fourth-order valence-corrected chi connectivity index (χ4v) is 1.07. The smallest absolute Gasteiger partial charge is 0.310 e. The maximum absolute atomic E-state index is 13.0. The SMILES string of the molecule is CCOC(F)(OCC)S(=O)(=O)O. The highest BCUT2D eigenvalue weighted by molar-refractivity contribution is 7.86. The number of alkyl halides is 1. The van der Waals surface area contributed by atoms with Crippen molar-refractivity contribution < 1.29 is 26.8 Å². The molecule has 0 amide bonds. The predicted molar refractivity (Wildman–Crippen MR) is 38.6 cm³/mol. The Morgan fingerprint density at radius 2 is 1.67 bits per heavy atom. The largest absolute Gasteiger partial charge is 0.453 e. The Hall–Kier alpha value is -0.240. The molecule has 0 heterocycles. The van der Waals surface area contributed by atoms with Gasteiger partial charge < -0.3 is 9.47 Å². The average Bonchev–Trinajstić information content (AvgIpc) is 1.86. The molecule has 0 rings (SSSR count). The molecule has 0 aromatic carbocycles. The van der Waals surface area contributed by atoms with Gasteiger partial charge in [0.1, 0.15) is 0 Å². The van der Waals surface area contributed by atoms with Crippen LogP contribution in [0.25, 0.3) is 0 Å². The monoisotopic (exact) mass is 202 g/mol. The zero-order valence-electron chi connectivity index (χ0n) is 6.78. The van der Waals surface area contributed by atoms with Crippen LogP contribution < -0.4 is 0 Å². The van der Waals surface area contributed by atoms with E-state index in [9.17, 15) is 12.8 Å². The average molecular weight is 202 g/mol. The van der Waals surface area contributed by atoms with Crippen LogP contribution in [0, 0.1) is 0 Å². The summed E-state index contributed by atoms with van der Waals surface area (Å²) in [5.41, 5.74) is 0. The molecule has 7 heteroatoms. The van der Waals surface area contributed by atoms with Gasteiger partial charge in [0, 0.05) is 0 Å². The van der Waals surface area contributed by atoms with E-state index in [0.29, 0.717) is 0 Å². The summed E-state index contributed by atoms with van der Waals surface area (Å²) in [6.45, 7) is 2.30. The Morgan fingerprint density at radius 3 is 1.83 bits per heavy atom. The van der Waals surface area contributed by atoms with Crippen LogP contribution in [-0.2, 0) is 19.6 Å². The minimum Gasteiger partial charge on any atom is -0.310 e. The topological polar surface area (TPSA) is 72.8 Å². The van der Waals surface area contributed by atoms with Crippen molar-refractivity contribution in [3.05, 3.63) is 0 Å². The molecule has 0 fully saturated rings. The first-order valence-electron chi connectivity index (χ1n) is 3.31. The quantitative estimate of drug-likeness (QED) is 0.520. The summed E-state index contributed by atoms with van der Waals surface area (Å²) in [6.07, 6.45) is 0. The van der Waals surface area contributed by atoms with Gasteiger partial charge in [0.2, 0.25) is 0 Å². The van der Waals surface area contributed by atoms with Crippen LogP contribution in [-0.4, -0.2) is 31.6 Å². The summed E-state index contributed by atoms with van der Waals surface area (Å²) in [7, 11) is -5.00. The van der Waals surface area contributed by atoms with Crippen LogP contribution in [0.5, 0.6) is 0 Å². The molecule has 0 radical (unpaired) electrons. The van der Waals surface area contributed by atoms with Gasteiger partial charge in [0.25, 0.3) is 0 Å². The van der Waals surface area contributed by atoms with Crippen molar-refractivity contribution in [2.45, 2.75) is 19.2 Å². The number of hydrogen-bond donors (Lipinski definition) is 1. The van der Waals surface area contributed by atoms with Gasteiger partial charge in [-0.1, -0.05) is 0 Å². The lowest BCUT2D eigenvalue weighted by Gasteiger charge is -2.20. The van der Waals surface area contributed by atoms with Crippen LogP contribution >= 0.6 is 0 Å². The van der Waals surface area contributed by atoms with Gasteiger partial charge in [-0.15, -0.1) is 0 Å². The molecule has 1 N–H and O–H groups in total. The molecule has 0 aliphatic carbocycles. The van der Waals surface area contributed by atoms with Crippen LogP contribution in [0.3, 0.4) is 0 Å². The highest BCUT2D eigenvalue weighted by Gasteiger charge is 2.46. The summed E-state index contributed by atoms with van der Waals surface area (Å²) < 4.78 is 50.3. The number of rotatable bonds is 5. The van der Waals surface area contributed by atoms with Crippen molar-refractivity contribution >= 4 is 10.1 Å². The predicted octanol–water partition coefficient (Wildman–Crippen LogP) is 0.528. The zero-order valence-corrected chi connectivity index (χ0v) is 7.60. The number of ether oxygens (including phenoxy) is 2. The van der Waals surface area contributed by atoms with Gasteiger partial charge in [-0.25, -0.2) is 0 Å². The van der Waals surface area contributed by atoms with Gasteiger partial charge >= 0.3 is 15.5 Å². The third-order valence-electron chi connectivity index (χ3n) is 0.942. The third-order valence-corrected chi connectivity index (χ3v) is 1.79. The van der Waals surface area contributed by atoms with E-state index < -0.39 is 15.5 Å². The van der Waals surface area contributed by atoms with Gasteiger partial charge in [-0.3, -0.25) is 4.55 Å². The minimum absolute atomic E-state index is 0.226. The van der Waals surface area contributed by atoms with E-state index in [1.807, 2.05) is 0 Å². The summed E-state index contributed by atoms with van der Waals surface area (Å²) in [5, 5.41) is -3.43. The fraction of sp³-hybridized carbons (Fsp3) is 1.00. The first-order chi connectivity index (χ1) is 5.37. The molecule has 0 aliphatic rings. The Kier molecular flexibility index (Phi) is 4.04. The Morgan fingerprint density at radius 1 is 1.33 bits per heavy atom. The van der Waals surface area contributed by atoms with E-state index in [-0.39, 0.29) is 13.2 Å². The second-order valence-corrected chi connectivity index (χ2v) is 3.26. The molecule has 5 nitrogen and oxygen atoms in total. The number of hydrogen-bond acceptors (Lipinski definition) is 4. The second kappa shape index (κ2) is 4.13. The second-order valence-electron chi connectivity index (χ2n) is 1.82. The summed E-state index contributed by atoms with van der Waals surface area (Å²) in [5.74, 6) is 0. The van der Waals surface area contributed by atoms with Gasteiger partial charge in [-0.05, 0) is 13.8 Å². The van der Waals surface area contributed by atoms with Crippen molar-refractivity contribution in [1.29, 1.82) is 0 Å². The molecular weight excluding hydrogens is 191 g/mol. The lowest BCUT2D eigenvalue weighted by atomic mass is 10.8. The molecule has 0 saturated carbocycles. The van der Waals surface area contributed by atoms with E-state index in [2.05, 4.69) is 9.47 Å². The van der Waals surface area contributed by atoms with Crippen LogP contribution in [0.4, 0.5) is 4.39 Å². The molecule has 0 atom stereocenters. The number of halogens is 1. The molecule has 0 aromatic rings. The van der Waals surface area contributed by atoms with Gasteiger partial charge in [-0.2, -0.15) is 12.8 Å². The fourth-order valence-electron chi connectivity index (χ4n) is 0.535. The maximum Gasteiger partial charge on any atom is 0.453 e. The highest BCUT2D eigenvalue weighted by Crippen LogP contribution is 2.21. The van der Waals surface area contributed by atoms with E-state index in [1.165, 1.54) is 13.8 Å². The zero-order chi connectivity index (χ0) is 9.83. The Labute approximate surface area is 70.2 Å². The van der Waals surface area contributed by atoms with E-state index in [0.717, 1.165) is 0 Å². The van der Waals surface area contributed by atoms with E-state index in [1.54, 1.807) is 0 Å². The van der Waals surface area contributed by atoms with Crippen LogP contribution in [0.1, 0.15) is 13.8 Å². The molecule has 0 unspecified atom stereocenters. The summed E-state index contributed by atoms with van der Waals surface area (Å²) >= 11 is 0. The molecule has 0 aliphatic heterocycles. The molecule has 74 valence electrons. The van der Waals surface area contributed by atoms with Gasteiger partial charge in [0.15, 0.2) is 0 Å². The molecule has 0 spiro atoms. The standard InChI is InChI=1S/C5H11FO5S/c1-3-10-5(6,11-4-2)12(7,8)9/h3-4H2,1-2H3,(H,7,8,9). The summed E-state index contributed by atoms with van der Waals surface area (Å²) in [4.78, 5) is 0. The lowest BCUT2D eigenvalue weighted by Crippen LogP contribution is -2.39. The normalized spacial score (nSPS) is 13.3. The van der Waals surface area contributed by atoms with Crippen molar-refractivity contribution in [2.75, 3.05) is 13.2 Å². The molecule has 0 bridgehead atoms. The Bertz CT molecular complexity index is 218. The summed E-state index contributed by atoms with van der Waals surface area (Å²) in [6, 6.07) is 0. The van der Waals surface area contributed by atoms with Crippen LogP contribution in [0.2, 0.25) is 0 Å². The van der Waals surface area contributed by atoms with Gasteiger partial charge in [0.05, 0.1) is 13.2 Å². The van der Waals surface area contributed by atoms with Crippen molar-refractivity contribution in [2.24, 2.45) is 0 Å². The first kappa shape index (κ1) is 11.8. The molecular formula is C5H11FO5S. The molecule has 0 saturated heterocycles. The Balaban J connectivity index is 4.62. The van der Waals surface area contributed by atoms with E-state index >= 15 is 0 Å². The lowest BCUT2D eigenvalue weighted by molar-refractivity contribution is -0.254. The van der Waals surface area contributed by atoms with Crippen molar-refractivity contribution in [1.82, 2.24) is 0 Å². The van der Waals surface area contributed by atoms with Crippen molar-refractivity contribution in [3.63, 3.8) is 0 Å². The van der Waals surface area contributed by atoms with E-state index in [4.69, 9.17) is 4.55 Å². The molecule has 12 heavy (non-hydrogen) atoms. The highest BCUT2D eigenvalue weighted by atomic mass is 32.2. The molecule has 0 aromatic heterocycles. The van der Waals surface area contributed by atoms with Crippen LogP contribution in [0.15, 0.2) is 0 Å². The third kappa shape index (κ3) is 2.67.